The standard InChI is InChI=1S/C17H18ClN5O3/c1-25-14-10(5-4-6-11(14)24)20-15-13-16(22-17(18)21-15)23(9-19-13)12-7-2-3-8-26-12/h4-6,9,12,24H,2-3,7-8H2,1H3,(H,20,21,22). The van der Waals surface area contributed by atoms with Crippen molar-refractivity contribution in [3.05, 3.63) is 29.8 Å². The van der Waals surface area contributed by atoms with E-state index in [1.165, 1.54) is 7.11 Å². The summed E-state index contributed by atoms with van der Waals surface area (Å²) in [5.41, 5.74) is 1.71. The third-order valence-electron chi connectivity index (χ3n) is 4.31. The van der Waals surface area contributed by atoms with E-state index in [1.54, 1.807) is 24.5 Å². The summed E-state index contributed by atoms with van der Waals surface area (Å²) in [5, 5.41) is 13.2. The average Bonchev–Trinajstić information content (AvgIpc) is 3.06. The molecule has 0 saturated carbocycles. The molecule has 2 aromatic heterocycles. The van der Waals surface area contributed by atoms with Crippen molar-refractivity contribution in [3.8, 4) is 11.5 Å². The van der Waals surface area contributed by atoms with Gasteiger partial charge >= 0.3 is 0 Å². The third kappa shape index (κ3) is 3.02. The maximum absolute atomic E-state index is 9.95. The van der Waals surface area contributed by atoms with Gasteiger partial charge in [0.15, 0.2) is 28.5 Å². The van der Waals surface area contributed by atoms with Crippen LogP contribution in [0.25, 0.3) is 11.2 Å². The molecule has 1 atom stereocenters. The number of imidazole rings is 1. The highest BCUT2D eigenvalue weighted by atomic mass is 35.5. The number of hydrogen-bond acceptors (Lipinski definition) is 7. The Morgan fingerprint density at radius 2 is 2.23 bits per heavy atom. The van der Waals surface area contributed by atoms with Gasteiger partial charge in [-0.2, -0.15) is 9.97 Å². The van der Waals surface area contributed by atoms with Crippen LogP contribution in [-0.4, -0.2) is 38.3 Å². The van der Waals surface area contributed by atoms with Gasteiger partial charge in [-0.25, -0.2) is 4.98 Å². The summed E-state index contributed by atoms with van der Waals surface area (Å²) >= 11 is 6.14. The molecule has 3 aromatic rings. The topological polar surface area (TPSA) is 94.3 Å². The number of rotatable bonds is 4. The zero-order valence-electron chi connectivity index (χ0n) is 14.1. The number of nitrogens with zero attached hydrogens (tertiary/aromatic N) is 4. The fourth-order valence-corrected chi connectivity index (χ4v) is 3.26. The molecule has 26 heavy (non-hydrogen) atoms. The van der Waals surface area contributed by atoms with Crippen LogP contribution in [0.1, 0.15) is 25.5 Å². The van der Waals surface area contributed by atoms with Crippen LogP contribution in [0.3, 0.4) is 0 Å². The highest BCUT2D eigenvalue weighted by Crippen LogP contribution is 2.37. The summed E-state index contributed by atoms with van der Waals surface area (Å²) in [6.45, 7) is 0.717. The van der Waals surface area contributed by atoms with Crippen LogP contribution < -0.4 is 10.1 Å². The number of phenolic OH excluding ortho intramolecular Hbond substituents is 1. The summed E-state index contributed by atoms with van der Waals surface area (Å²) in [6, 6.07) is 5.01. The van der Waals surface area contributed by atoms with Gasteiger partial charge in [0.05, 0.1) is 19.1 Å². The molecule has 2 N–H and O–H groups in total. The van der Waals surface area contributed by atoms with Crippen LogP contribution in [0.2, 0.25) is 5.28 Å². The van der Waals surface area contributed by atoms with E-state index in [1.807, 2.05) is 4.57 Å². The van der Waals surface area contributed by atoms with Gasteiger partial charge in [-0.15, -0.1) is 0 Å². The van der Waals surface area contributed by atoms with E-state index in [-0.39, 0.29) is 17.3 Å². The molecule has 1 aliphatic heterocycles. The number of para-hydroxylation sites is 1. The van der Waals surface area contributed by atoms with Gasteiger partial charge in [-0.3, -0.25) is 4.57 Å². The van der Waals surface area contributed by atoms with Crippen LogP contribution in [-0.2, 0) is 4.74 Å². The molecule has 8 nitrogen and oxygen atoms in total. The molecule has 1 aromatic carbocycles. The zero-order valence-corrected chi connectivity index (χ0v) is 14.9. The molecule has 136 valence electrons. The molecular weight excluding hydrogens is 358 g/mol. The van der Waals surface area contributed by atoms with Crippen LogP contribution >= 0.6 is 11.6 Å². The smallest absolute Gasteiger partial charge is 0.226 e. The van der Waals surface area contributed by atoms with Crippen molar-refractivity contribution >= 4 is 34.3 Å². The number of benzene rings is 1. The van der Waals surface area contributed by atoms with Crippen molar-refractivity contribution in [2.24, 2.45) is 0 Å². The molecule has 9 heteroatoms. The fourth-order valence-electron chi connectivity index (χ4n) is 3.10. The Kier molecular flexibility index (Phi) is 4.52. The fraction of sp³-hybridized carbons (Fsp3) is 0.353. The number of methoxy groups -OCH3 is 1. The van der Waals surface area contributed by atoms with Crippen molar-refractivity contribution in [2.45, 2.75) is 25.5 Å². The molecule has 3 heterocycles. The van der Waals surface area contributed by atoms with E-state index in [4.69, 9.17) is 21.1 Å². The van der Waals surface area contributed by atoms with Crippen molar-refractivity contribution in [2.75, 3.05) is 19.0 Å². The number of aromatic nitrogens is 4. The Morgan fingerprint density at radius 3 is 3.00 bits per heavy atom. The highest BCUT2D eigenvalue weighted by molar-refractivity contribution is 6.28. The monoisotopic (exact) mass is 375 g/mol. The molecule has 4 rings (SSSR count). The normalized spacial score (nSPS) is 17.4. The number of fused-ring (bicyclic) bond motifs is 1. The van der Waals surface area contributed by atoms with Gasteiger partial charge in [0.25, 0.3) is 0 Å². The first kappa shape index (κ1) is 16.9. The van der Waals surface area contributed by atoms with E-state index in [9.17, 15) is 5.11 Å². The van der Waals surface area contributed by atoms with E-state index in [2.05, 4.69) is 20.3 Å². The van der Waals surface area contributed by atoms with Crippen molar-refractivity contribution in [1.29, 1.82) is 0 Å². The van der Waals surface area contributed by atoms with E-state index < -0.39 is 0 Å². The number of anilines is 2. The Bertz CT molecular complexity index is 940. The Labute approximate surface area is 154 Å². The maximum atomic E-state index is 9.95. The Morgan fingerprint density at radius 1 is 1.35 bits per heavy atom. The number of phenols is 1. The van der Waals surface area contributed by atoms with Gasteiger partial charge in [0, 0.05) is 6.61 Å². The first-order valence-corrected chi connectivity index (χ1v) is 8.70. The van der Waals surface area contributed by atoms with E-state index in [0.29, 0.717) is 28.4 Å². The molecule has 0 aliphatic carbocycles. The molecule has 0 amide bonds. The van der Waals surface area contributed by atoms with Crippen LogP contribution in [0.4, 0.5) is 11.5 Å². The molecule has 1 unspecified atom stereocenters. The van der Waals surface area contributed by atoms with Gasteiger partial charge in [0.1, 0.15) is 6.23 Å². The van der Waals surface area contributed by atoms with Gasteiger partial charge in [-0.05, 0) is 43.0 Å². The molecule has 0 bridgehead atoms. The van der Waals surface area contributed by atoms with Gasteiger partial charge in [0.2, 0.25) is 5.28 Å². The Hall–Kier alpha value is -2.58. The van der Waals surface area contributed by atoms with Crippen LogP contribution in [0.15, 0.2) is 24.5 Å². The van der Waals surface area contributed by atoms with E-state index in [0.717, 1.165) is 25.9 Å². The third-order valence-corrected chi connectivity index (χ3v) is 4.48. The molecule has 1 aliphatic rings. The molecule has 0 radical (unpaired) electrons. The van der Waals surface area contributed by atoms with Crippen molar-refractivity contribution in [1.82, 2.24) is 19.5 Å². The summed E-state index contributed by atoms with van der Waals surface area (Å²) in [7, 11) is 1.48. The zero-order chi connectivity index (χ0) is 18.1. The maximum Gasteiger partial charge on any atom is 0.226 e. The summed E-state index contributed by atoms with van der Waals surface area (Å²) in [5.74, 6) is 0.763. The quantitative estimate of drug-likeness (QED) is 0.672. The van der Waals surface area contributed by atoms with Crippen molar-refractivity contribution < 1.29 is 14.6 Å². The summed E-state index contributed by atoms with van der Waals surface area (Å²) in [6.07, 6.45) is 4.63. The average molecular weight is 376 g/mol. The van der Waals surface area contributed by atoms with Crippen molar-refractivity contribution in [3.63, 3.8) is 0 Å². The van der Waals surface area contributed by atoms with Gasteiger partial charge < -0.3 is 19.9 Å². The van der Waals surface area contributed by atoms with Gasteiger partial charge in [-0.1, -0.05) is 6.07 Å². The minimum absolute atomic E-state index is 0.0232. The summed E-state index contributed by atoms with van der Waals surface area (Å²) < 4.78 is 13.0. The first-order valence-electron chi connectivity index (χ1n) is 8.32. The molecular formula is C17H18ClN5O3. The lowest BCUT2D eigenvalue weighted by molar-refractivity contribution is -0.0298. The lowest BCUT2D eigenvalue weighted by atomic mass is 10.2. The lowest BCUT2D eigenvalue weighted by Crippen LogP contribution is -2.17. The number of hydrogen-bond donors (Lipinski definition) is 2. The predicted octanol–water partition coefficient (Wildman–Crippen LogP) is 3.64. The molecule has 1 fully saturated rings. The number of aromatic hydroxyl groups is 1. The minimum atomic E-state index is -0.108. The van der Waals surface area contributed by atoms with Crippen LogP contribution in [0.5, 0.6) is 11.5 Å². The van der Waals surface area contributed by atoms with Crippen LogP contribution in [0, 0.1) is 0 Å². The largest absolute Gasteiger partial charge is 0.504 e. The molecule has 0 spiro atoms. The second-order valence-electron chi connectivity index (χ2n) is 5.97. The Balaban J connectivity index is 1.76. The lowest BCUT2D eigenvalue weighted by Gasteiger charge is -2.23. The highest BCUT2D eigenvalue weighted by Gasteiger charge is 2.21. The first-order chi connectivity index (χ1) is 12.7. The summed E-state index contributed by atoms with van der Waals surface area (Å²) in [4.78, 5) is 13.0. The SMILES string of the molecule is COc1c(O)cccc1Nc1nc(Cl)nc2c1ncn2C1CCCCO1. The van der Waals surface area contributed by atoms with E-state index >= 15 is 0 Å². The number of nitrogens with one attached hydrogen (secondary N) is 1. The second kappa shape index (κ2) is 6.97. The number of halogens is 1. The second-order valence-corrected chi connectivity index (χ2v) is 6.31. The minimum Gasteiger partial charge on any atom is -0.504 e. The number of ether oxygens (including phenoxy) is 2. The predicted molar refractivity (Wildman–Crippen MR) is 97.1 cm³/mol. The molecule has 1 saturated heterocycles.